The van der Waals surface area contributed by atoms with Gasteiger partial charge >= 0.3 is 8.56 Å². The van der Waals surface area contributed by atoms with Crippen LogP contribution in [0.15, 0.2) is 43.0 Å². The quantitative estimate of drug-likeness (QED) is 0.716. The van der Waals surface area contributed by atoms with Crippen molar-refractivity contribution in [2.24, 2.45) is 0 Å². The highest BCUT2D eigenvalue weighted by Crippen LogP contribution is 2.15. The predicted molar refractivity (Wildman–Crippen MR) is 75.3 cm³/mol. The number of hydrogen-bond donors (Lipinski definition) is 0. The highest BCUT2D eigenvalue weighted by molar-refractivity contribution is 6.81. The molecule has 1 aromatic heterocycles. The van der Waals surface area contributed by atoms with Crippen LogP contribution in [0.3, 0.4) is 0 Å². The molecule has 5 nitrogen and oxygen atoms in total. The number of nitrogens with zero attached hydrogens (tertiary/aromatic N) is 3. The Morgan fingerprint density at radius 2 is 1.89 bits per heavy atom. The molecule has 0 amide bonds. The summed E-state index contributed by atoms with van der Waals surface area (Å²) in [6.07, 6.45) is 4.23. The molecule has 0 spiro atoms. The normalized spacial score (nSPS) is 11.7. The summed E-state index contributed by atoms with van der Waals surface area (Å²) >= 11 is 0. The molecule has 19 heavy (non-hydrogen) atoms. The first-order valence-corrected chi connectivity index (χ1v) is 8.31. The molecule has 0 bridgehead atoms. The Labute approximate surface area is 114 Å². The van der Waals surface area contributed by atoms with E-state index < -0.39 is 8.56 Å². The molecule has 0 N–H and O–H groups in total. The van der Waals surface area contributed by atoms with E-state index in [2.05, 4.69) is 22.2 Å². The van der Waals surface area contributed by atoms with Gasteiger partial charge in [-0.15, -0.1) is 0 Å². The van der Waals surface area contributed by atoms with Crippen LogP contribution in [0.2, 0.25) is 6.04 Å². The topological polar surface area (TPSA) is 49.2 Å². The molecular formula is C13H19N3O2Si. The van der Waals surface area contributed by atoms with Crippen LogP contribution in [0.25, 0.3) is 0 Å². The zero-order valence-electron chi connectivity index (χ0n) is 11.3. The van der Waals surface area contributed by atoms with E-state index in [9.17, 15) is 0 Å². The van der Waals surface area contributed by atoms with E-state index >= 15 is 0 Å². The van der Waals surface area contributed by atoms with Gasteiger partial charge in [0.1, 0.15) is 12.7 Å². The van der Waals surface area contributed by atoms with Crippen LogP contribution in [-0.4, -0.2) is 37.5 Å². The average Bonchev–Trinajstić information content (AvgIpc) is 2.98. The van der Waals surface area contributed by atoms with Crippen molar-refractivity contribution < 1.29 is 8.85 Å². The van der Waals surface area contributed by atoms with Gasteiger partial charge in [0.15, 0.2) is 0 Å². The molecule has 0 aliphatic heterocycles. The number of benzene rings is 1. The van der Waals surface area contributed by atoms with E-state index in [1.165, 1.54) is 5.19 Å². The highest BCUT2D eigenvalue weighted by Gasteiger charge is 2.37. The molecule has 0 atom stereocenters. The van der Waals surface area contributed by atoms with E-state index in [0.29, 0.717) is 0 Å². The molecule has 0 aliphatic carbocycles. The molecule has 0 fully saturated rings. The summed E-state index contributed by atoms with van der Waals surface area (Å²) in [6, 6.07) is 11.1. The third-order valence-corrected chi connectivity index (χ3v) is 6.78. The first-order chi connectivity index (χ1) is 9.30. The van der Waals surface area contributed by atoms with Gasteiger partial charge in [-0.2, -0.15) is 5.10 Å². The summed E-state index contributed by atoms with van der Waals surface area (Å²) in [7, 11) is 1.15. The average molecular weight is 277 g/mol. The SMILES string of the molecule is CO[Si](CCCn1cncn1)(OC)c1ccccc1. The Morgan fingerprint density at radius 1 is 1.16 bits per heavy atom. The fourth-order valence-electron chi connectivity index (χ4n) is 2.18. The Kier molecular flexibility index (Phi) is 4.84. The predicted octanol–water partition coefficient (Wildman–Crippen LogP) is 1.31. The smallest absolute Gasteiger partial charge is 0.372 e. The minimum absolute atomic E-state index is 0.828. The van der Waals surface area contributed by atoms with E-state index in [0.717, 1.165) is 19.0 Å². The molecule has 102 valence electrons. The standard InChI is InChI=1S/C13H19N3O2Si/c1-17-19(18-2,13-7-4-3-5-8-13)10-6-9-16-12-14-11-15-16/h3-5,7-8,11-12H,6,9-10H2,1-2H3. The summed E-state index contributed by atoms with van der Waals surface area (Å²) in [5.41, 5.74) is 0. The maximum absolute atomic E-state index is 5.76. The zero-order valence-corrected chi connectivity index (χ0v) is 12.3. The van der Waals surface area contributed by atoms with Crippen LogP contribution < -0.4 is 5.19 Å². The lowest BCUT2D eigenvalue weighted by atomic mass is 10.4. The van der Waals surface area contributed by atoms with Gasteiger partial charge in [0.05, 0.1) is 0 Å². The fraction of sp³-hybridized carbons (Fsp3) is 0.385. The lowest BCUT2D eigenvalue weighted by molar-refractivity contribution is 0.255. The highest BCUT2D eigenvalue weighted by atomic mass is 28.4. The maximum atomic E-state index is 5.76. The van der Waals surface area contributed by atoms with Crippen LogP contribution in [0.5, 0.6) is 0 Å². The molecule has 6 heteroatoms. The molecule has 2 rings (SSSR count). The minimum Gasteiger partial charge on any atom is -0.394 e. The van der Waals surface area contributed by atoms with Crippen molar-refractivity contribution in [1.29, 1.82) is 0 Å². The molecule has 0 unspecified atom stereocenters. The van der Waals surface area contributed by atoms with Gasteiger partial charge in [-0.05, 0) is 17.7 Å². The van der Waals surface area contributed by atoms with Gasteiger partial charge in [-0.1, -0.05) is 30.3 Å². The van der Waals surface area contributed by atoms with Crippen molar-refractivity contribution in [2.45, 2.75) is 19.0 Å². The second-order valence-corrected chi connectivity index (χ2v) is 7.69. The Bertz CT molecular complexity index is 472. The summed E-state index contributed by atoms with van der Waals surface area (Å²) in [4.78, 5) is 3.94. The minimum atomic E-state index is -2.31. The largest absolute Gasteiger partial charge is 0.394 e. The van der Waals surface area contributed by atoms with Crippen molar-refractivity contribution in [3.8, 4) is 0 Å². The maximum Gasteiger partial charge on any atom is 0.372 e. The van der Waals surface area contributed by atoms with E-state index in [-0.39, 0.29) is 0 Å². The fourth-order valence-corrected chi connectivity index (χ4v) is 4.84. The third kappa shape index (κ3) is 3.28. The first-order valence-electron chi connectivity index (χ1n) is 6.29. The lowest BCUT2D eigenvalue weighted by Gasteiger charge is -2.27. The van der Waals surface area contributed by atoms with Gasteiger partial charge in [0, 0.05) is 20.8 Å². The van der Waals surface area contributed by atoms with Gasteiger partial charge in [0.2, 0.25) is 0 Å². The van der Waals surface area contributed by atoms with Crippen LogP contribution >= 0.6 is 0 Å². The molecule has 1 aromatic carbocycles. The van der Waals surface area contributed by atoms with E-state index in [4.69, 9.17) is 8.85 Å². The van der Waals surface area contributed by atoms with Crippen LogP contribution in [0, 0.1) is 0 Å². The Balaban J connectivity index is 2.03. The first kappa shape index (κ1) is 13.9. The monoisotopic (exact) mass is 277 g/mol. The lowest BCUT2D eigenvalue weighted by Crippen LogP contribution is -2.52. The van der Waals surface area contributed by atoms with E-state index in [1.54, 1.807) is 26.9 Å². The summed E-state index contributed by atoms with van der Waals surface area (Å²) in [5.74, 6) is 0. The molecule has 2 aromatic rings. The Hall–Kier alpha value is -1.50. The summed E-state index contributed by atoms with van der Waals surface area (Å²) in [5, 5.41) is 5.26. The molecule has 0 saturated carbocycles. The van der Waals surface area contributed by atoms with Gasteiger partial charge < -0.3 is 8.85 Å². The van der Waals surface area contributed by atoms with Gasteiger partial charge in [0.25, 0.3) is 0 Å². The van der Waals surface area contributed by atoms with Crippen LogP contribution in [0.1, 0.15) is 6.42 Å². The molecule has 1 heterocycles. The summed E-state index contributed by atoms with van der Waals surface area (Å²) in [6.45, 7) is 0.828. The molecular weight excluding hydrogens is 258 g/mol. The van der Waals surface area contributed by atoms with E-state index in [1.807, 2.05) is 22.9 Å². The summed E-state index contributed by atoms with van der Waals surface area (Å²) < 4.78 is 13.4. The van der Waals surface area contributed by atoms with Gasteiger partial charge in [-0.25, -0.2) is 4.98 Å². The van der Waals surface area contributed by atoms with Gasteiger partial charge in [-0.3, -0.25) is 4.68 Å². The van der Waals surface area contributed by atoms with Crippen LogP contribution in [0.4, 0.5) is 0 Å². The Morgan fingerprint density at radius 3 is 2.47 bits per heavy atom. The molecule has 0 saturated heterocycles. The second-order valence-electron chi connectivity index (χ2n) is 4.29. The van der Waals surface area contributed by atoms with Crippen molar-refractivity contribution >= 4 is 13.7 Å². The number of rotatable bonds is 7. The van der Waals surface area contributed by atoms with Crippen molar-refractivity contribution in [2.75, 3.05) is 14.2 Å². The molecule has 0 radical (unpaired) electrons. The zero-order chi connectivity index (χ0) is 13.6. The second kappa shape index (κ2) is 6.60. The number of aryl methyl sites for hydroxylation is 1. The van der Waals surface area contributed by atoms with Crippen molar-refractivity contribution in [3.63, 3.8) is 0 Å². The number of aromatic nitrogens is 3. The van der Waals surface area contributed by atoms with Crippen molar-refractivity contribution in [1.82, 2.24) is 14.8 Å². The van der Waals surface area contributed by atoms with Crippen molar-refractivity contribution in [3.05, 3.63) is 43.0 Å². The molecule has 0 aliphatic rings. The third-order valence-electron chi connectivity index (χ3n) is 3.23. The van der Waals surface area contributed by atoms with Crippen LogP contribution in [-0.2, 0) is 15.4 Å². The number of hydrogen-bond acceptors (Lipinski definition) is 4.